The van der Waals surface area contributed by atoms with Gasteiger partial charge in [-0.2, -0.15) is 0 Å². The smallest absolute Gasteiger partial charge is 0.348 e. The van der Waals surface area contributed by atoms with Crippen LogP contribution in [0.1, 0.15) is 28.0 Å². The SMILES string of the molecule is CCOC(=O)c1sc2nc(CSc3nncs3)[nH]c(=O)c2c1C. The first-order valence-electron chi connectivity index (χ1n) is 6.68. The maximum Gasteiger partial charge on any atom is 0.348 e. The van der Waals surface area contributed by atoms with Gasteiger partial charge in [0.05, 0.1) is 17.7 Å². The molecule has 0 spiro atoms. The minimum absolute atomic E-state index is 0.243. The Kier molecular flexibility index (Phi) is 4.74. The third-order valence-electron chi connectivity index (χ3n) is 2.98. The van der Waals surface area contributed by atoms with Gasteiger partial charge in [0, 0.05) is 0 Å². The lowest BCUT2D eigenvalue weighted by Crippen LogP contribution is -2.11. The molecule has 0 radical (unpaired) electrons. The summed E-state index contributed by atoms with van der Waals surface area (Å²) in [6.07, 6.45) is 0. The number of fused-ring (bicyclic) bond motifs is 1. The molecular weight excluding hydrogens is 356 g/mol. The summed E-state index contributed by atoms with van der Waals surface area (Å²) in [6.45, 7) is 3.77. The first kappa shape index (κ1) is 16.1. The Balaban J connectivity index is 1.94. The molecule has 3 rings (SSSR count). The molecule has 0 saturated heterocycles. The number of nitrogens with one attached hydrogen (secondary N) is 1. The van der Waals surface area contributed by atoms with Gasteiger partial charge in [-0.3, -0.25) is 4.79 Å². The second-order valence-corrected chi connectivity index (χ2v) is 7.52. The van der Waals surface area contributed by atoms with Gasteiger partial charge in [-0.15, -0.1) is 21.5 Å². The minimum atomic E-state index is -0.419. The molecule has 0 atom stereocenters. The Hall–Kier alpha value is -1.78. The number of carbonyl (C=O) groups excluding carboxylic acids is 1. The summed E-state index contributed by atoms with van der Waals surface area (Å²) in [5, 5.41) is 8.14. The highest BCUT2D eigenvalue weighted by Gasteiger charge is 2.20. The lowest BCUT2D eigenvalue weighted by Gasteiger charge is -1.99. The molecule has 0 aliphatic carbocycles. The maximum atomic E-state index is 12.3. The fourth-order valence-electron chi connectivity index (χ4n) is 2.00. The molecule has 3 heterocycles. The second kappa shape index (κ2) is 6.77. The highest BCUT2D eigenvalue weighted by atomic mass is 32.2. The molecule has 3 aromatic heterocycles. The van der Waals surface area contributed by atoms with Crippen LogP contribution < -0.4 is 5.56 Å². The van der Waals surface area contributed by atoms with Crippen molar-refractivity contribution in [3.05, 3.63) is 32.1 Å². The fourth-order valence-corrected chi connectivity index (χ4v) is 4.46. The van der Waals surface area contributed by atoms with E-state index in [4.69, 9.17) is 4.74 Å². The molecular formula is C13H12N4O3S3. The van der Waals surface area contributed by atoms with E-state index in [1.807, 2.05) is 0 Å². The molecule has 10 heteroatoms. The summed E-state index contributed by atoms with van der Waals surface area (Å²) in [5.41, 5.74) is 2.02. The van der Waals surface area contributed by atoms with E-state index in [9.17, 15) is 9.59 Å². The number of thioether (sulfide) groups is 1. The van der Waals surface area contributed by atoms with Gasteiger partial charge in [0.1, 0.15) is 21.0 Å². The summed E-state index contributed by atoms with van der Waals surface area (Å²) < 4.78 is 5.83. The number of aromatic amines is 1. The standard InChI is InChI=1S/C13H12N4O3S3/c1-3-20-12(19)9-6(2)8-10(18)15-7(16-11(8)23-9)4-21-13-17-14-5-22-13/h5H,3-4H2,1-2H3,(H,15,16,18). The topological polar surface area (TPSA) is 97.8 Å². The predicted octanol–water partition coefficient (Wildman–Crippen LogP) is 2.61. The van der Waals surface area contributed by atoms with E-state index in [-0.39, 0.29) is 5.56 Å². The zero-order valence-electron chi connectivity index (χ0n) is 12.3. The summed E-state index contributed by atoms with van der Waals surface area (Å²) in [5.74, 6) is 0.600. The number of hydrogen-bond acceptors (Lipinski definition) is 9. The van der Waals surface area contributed by atoms with Gasteiger partial charge in [0.15, 0.2) is 4.34 Å². The molecule has 0 unspecified atom stereocenters. The molecule has 0 fully saturated rings. The van der Waals surface area contributed by atoms with Crippen molar-refractivity contribution in [2.75, 3.05) is 6.61 Å². The molecule has 3 aromatic rings. The zero-order chi connectivity index (χ0) is 16.4. The van der Waals surface area contributed by atoms with Crippen LogP contribution in [0.15, 0.2) is 14.6 Å². The number of rotatable bonds is 5. The molecule has 0 amide bonds. The molecule has 0 aliphatic rings. The van der Waals surface area contributed by atoms with E-state index in [2.05, 4.69) is 20.2 Å². The summed E-state index contributed by atoms with van der Waals surface area (Å²) in [7, 11) is 0. The Morgan fingerprint density at radius 3 is 3.00 bits per heavy atom. The third-order valence-corrected chi connectivity index (χ3v) is 6.02. The van der Waals surface area contributed by atoms with Crippen LogP contribution in [0.5, 0.6) is 0 Å². The summed E-state index contributed by atoms with van der Waals surface area (Å²) in [4.78, 5) is 32.4. The lowest BCUT2D eigenvalue weighted by molar-refractivity contribution is 0.0531. The Bertz CT molecular complexity index is 901. The van der Waals surface area contributed by atoms with Crippen LogP contribution >= 0.6 is 34.4 Å². The monoisotopic (exact) mass is 368 g/mol. The lowest BCUT2D eigenvalue weighted by atomic mass is 10.2. The number of carbonyl (C=O) groups is 1. The van der Waals surface area contributed by atoms with Crippen molar-refractivity contribution in [3.63, 3.8) is 0 Å². The maximum absolute atomic E-state index is 12.3. The van der Waals surface area contributed by atoms with Gasteiger partial charge >= 0.3 is 5.97 Å². The number of H-pyrrole nitrogens is 1. The number of esters is 1. The van der Waals surface area contributed by atoms with Crippen LogP contribution in [0.2, 0.25) is 0 Å². The van der Waals surface area contributed by atoms with Crippen molar-refractivity contribution in [1.29, 1.82) is 0 Å². The average molecular weight is 368 g/mol. The van der Waals surface area contributed by atoms with E-state index >= 15 is 0 Å². The quantitative estimate of drug-likeness (QED) is 0.546. The highest BCUT2D eigenvalue weighted by Crippen LogP contribution is 2.28. The number of nitrogens with zero attached hydrogens (tertiary/aromatic N) is 3. The van der Waals surface area contributed by atoms with Gasteiger partial charge in [0.2, 0.25) is 0 Å². The van der Waals surface area contributed by atoms with Crippen molar-refractivity contribution in [3.8, 4) is 0 Å². The summed E-state index contributed by atoms with van der Waals surface area (Å²) in [6, 6.07) is 0. The van der Waals surface area contributed by atoms with E-state index < -0.39 is 5.97 Å². The van der Waals surface area contributed by atoms with Crippen LogP contribution in [0.4, 0.5) is 0 Å². The van der Waals surface area contributed by atoms with Crippen LogP contribution in [-0.2, 0) is 10.5 Å². The zero-order valence-corrected chi connectivity index (χ0v) is 14.7. The van der Waals surface area contributed by atoms with E-state index in [0.29, 0.717) is 38.8 Å². The number of aromatic nitrogens is 4. The first-order valence-corrected chi connectivity index (χ1v) is 9.36. The normalized spacial score (nSPS) is 11.0. The molecule has 0 bridgehead atoms. The number of aryl methyl sites for hydroxylation is 1. The van der Waals surface area contributed by atoms with Gasteiger partial charge in [-0.05, 0) is 19.4 Å². The van der Waals surface area contributed by atoms with Crippen molar-refractivity contribution in [2.45, 2.75) is 23.9 Å². The van der Waals surface area contributed by atoms with Gasteiger partial charge in [0.25, 0.3) is 5.56 Å². The Morgan fingerprint density at radius 1 is 1.48 bits per heavy atom. The largest absolute Gasteiger partial charge is 0.462 e. The highest BCUT2D eigenvalue weighted by molar-refractivity contribution is 8.00. The van der Waals surface area contributed by atoms with Crippen LogP contribution in [0.3, 0.4) is 0 Å². The van der Waals surface area contributed by atoms with Crippen molar-refractivity contribution in [1.82, 2.24) is 20.2 Å². The van der Waals surface area contributed by atoms with Crippen molar-refractivity contribution < 1.29 is 9.53 Å². The van der Waals surface area contributed by atoms with E-state index in [1.54, 1.807) is 19.4 Å². The number of ether oxygens (including phenoxy) is 1. The van der Waals surface area contributed by atoms with Gasteiger partial charge in [-0.1, -0.05) is 23.1 Å². The molecule has 0 saturated carbocycles. The second-order valence-electron chi connectivity index (χ2n) is 4.46. The number of thiophene rings is 1. The van der Waals surface area contributed by atoms with Crippen LogP contribution in [0, 0.1) is 6.92 Å². The van der Waals surface area contributed by atoms with E-state index in [1.165, 1.54) is 34.4 Å². The summed E-state index contributed by atoms with van der Waals surface area (Å²) >= 11 is 4.06. The molecule has 120 valence electrons. The molecule has 23 heavy (non-hydrogen) atoms. The fraction of sp³-hybridized carbons (Fsp3) is 0.308. The molecule has 0 aliphatic heterocycles. The first-order chi connectivity index (χ1) is 11.1. The van der Waals surface area contributed by atoms with Gasteiger partial charge < -0.3 is 9.72 Å². The molecule has 7 nitrogen and oxygen atoms in total. The van der Waals surface area contributed by atoms with Gasteiger partial charge in [-0.25, -0.2) is 9.78 Å². The third kappa shape index (κ3) is 3.28. The molecule has 1 N–H and O–H groups in total. The van der Waals surface area contributed by atoms with Crippen molar-refractivity contribution >= 4 is 50.6 Å². The Labute approximate surface area is 143 Å². The van der Waals surface area contributed by atoms with E-state index in [0.717, 1.165) is 4.34 Å². The number of hydrogen-bond donors (Lipinski definition) is 1. The minimum Gasteiger partial charge on any atom is -0.462 e. The average Bonchev–Trinajstić information content (AvgIpc) is 3.13. The van der Waals surface area contributed by atoms with Crippen LogP contribution in [-0.4, -0.2) is 32.7 Å². The predicted molar refractivity (Wildman–Crippen MR) is 90.4 cm³/mol. The van der Waals surface area contributed by atoms with Crippen molar-refractivity contribution in [2.24, 2.45) is 0 Å². The molecule has 0 aromatic carbocycles. The Morgan fingerprint density at radius 2 is 2.30 bits per heavy atom. The van der Waals surface area contributed by atoms with Crippen LogP contribution in [0.25, 0.3) is 10.2 Å².